The maximum absolute atomic E-state index is 15.2. The molecule has 2 N–H and O–H groups in total. The molecule has 2 aromatic heterocycles. The van der Waals surface area contributed by atoms with E-state index in [9.17, 15) is 13.4 Å². The van der Waals surface area contributed by atoms with E-state index in [1.165, 1.54) is 13.3 Å². The van der Waals surface area contributed by atoms with Crippen LogP contribution in [0.15, 0.2) is 54.9 Å². The largest absolute Gasteiger partial charge is 0.385 e. The van der Waals surface area contributed by atoms with Gasteiger partial charge in [-0.25, -0.2) is 18.0 Å². The molecule has 10 heteroatoms. The van der Waals surface area contributed by atoms with Gasteiger partial charge < -0.3 is 14.4 Å². The molecule has 2 aromatic carbocycles. The molecular weight excluding hydrogens is 484 g/mol. The summed E-state index contributed by atoms with van der Waals surface area (Å²) in [4.78, 5) is 20.4. The van der Waals surface area contributed by atoms with Gasteiger partial charge in [-0.3, -0.25) is 4.79 Å². The van der Waals surface area contributed by atoms with E-state index in [0.29, 0.717) is 34.6 Å². The molecule has 0 aliphatic heterocycles. The second-order valence-electron chi connectivity index (χ2n) is 7.44. The summed E-state index contributed by atoms with van der Waals surface area (Å²) in [7, 11) is -0.105. The predicted octanol–water partition coefficient (Wildman–Crippen LogP) is 5.50. The number of aromatic amines is 1. The van der Waals surface area contributed by atoms with Crippen LogP contribution in [0.2, 0.25) is 5.02 Å². The fourth-order valence-electron chi connectivity index (χ4n) is 3.47. The summed E-state index contributed by atoms with van der Waals surface area (Å²) in [5.41, 5.74) is 1.03. The van der Waals surface area contributed by atoms with E-state index in [4.69, 9.17) is 16.3 Å². The molecule has 0 aliphatic carbocycles. The molecule has 4 rings (SSSR count). The number of ketones is 1. The van der Waals surface area contributed by atoms with Crippen LogP contribution in [0.1, 0.15) is 22.3 Å². The maximum Gasteiger partial charge on any atom is 0.201 e. The molecule has 0 saturated heterocycles. The third kappa shape index (κ3) is 5.01. The lowest BCUT2D eigenvalue weighted by atomic mass is 10.00. The van der Waals surface area contributed by atoms with Gasteiger partial charge in [0.25, 0.3) is 0 Å². The highest BCUT2D eigenvalue weighted by Crippen LogP contribution is 2.30. The summed E-state index contributed by atoms with van der Waals surface area (Å²) >= 11 is 5.95. The Morgan fingerprint density at radius 1 is 1.18 bits per heavy atom. The van der Waals surface area contributed by atoms with E-state index in [1.54, 1.807) is 36.5 Å². The van der Waals surface area contributed by atoms with Crippen LogP contribution in [0, 0.1) is 11.6 Å². The summed E-state index contributed by atoms with van der Waals surface area (Å²) in [5, 5.41) is 0.993. The van der Waals surface area contributed by atoms with Crippen molar-refractivity contribution in [1.82, 2.24) is 9.97 Å². The number of aromatic nitrogens is 2. The smallest absolute Gasteiger partial charge is 0.201 e. The summed E-state index contributed by atoms with van der Waals surface area (Å²) in [6.45, 7) is 0.398. The van der Waals surface area contributed by atoms with E-state index >= 15 is 4.39 Å². The lowest BCUT2D eigenvalue weighted by Crippen LogP contribution is -2.14. The minimum absolute atomic E-state index is 0.0643. The topological polar surface area (TPSA) is 84.1 Å². The third-order valence-electron chi connectivity index (χ3n) is 5.17. The van der Waals surface area contributed by atoms with Gasteiger partial charge in [-0.15, -0.1) is 0 Å². The Balaban J connectivity index is 1.68. The zero-order valence-corrected chi connectivity index (χ0v) is 19.6. The van der Waals surface area contributed by atoms with Crippen LogP contribution in [-0.4, -0.2) is 39.4 Å². The number of rotatable bonds is 9. The molecule has 176 valence electrons. The number of benzene rings is 2. The lowest BCUT2D eigenvalue weighted by Gasteiger charge is -2.11. The molecule has 2 heterocycles. The summed E-state index contributed by atoms with van der Waals surface area (Å²) in [6, 6.07) is 10.9. The van der Waals surface area contributed by atoms with Gasteiger partial charge in [0, 0.05) is 53.4 Å². The van der Waals surface area contributed by atoms with Crippen LogP contribution < -0.4 is 4.72 Å². The Hall–Kier alpha value is -3.14. The third-order valence-corrected chi connectivity index (χ3v) is 6.53. The second-order valence-corrected chi connectivity index (χ2v) is 9.18. The number of halogens is 3. The zero-order valence-electron chi connectivity index (χ0n) is 18.0. The minimum Gasteiger partial charge on any atom is -0.385 e. The van der Waals surface area contributed by atoms with Crippen molar-refractivity contribution in [1.29, 1.82) is 0 Å². The highest BCUT2D eigenvalue weighted by Gasteiger charge is 2.25. The molecule has 0 saturated carbocycles. The van der Waals surface area contributed by atoms with Crippen LogP contribution in [0.25, 0.3) is 22.2 Å². The van der Waals surface area contributed by atoms with Gasteiger partial charge in [0.15, 0.2) is 5.82 Å². The number of methoxy groups -OCH3 is 1. The number of carbonyl (C=O) groups excluding carboxylic acids is 1. The number of carbonyl (C=O) groups is 1. The number of fused-ring (bicyclic) bond motifs is 1. The highest BCUT2D eigenvalue weighted by molar-refractivity contribution is 7.86. The Labute approximate surface area is 201 Å². The Bertz CT molecular complexity index is 1380. The monoisotopic (exact) mass is 503 g/mol. The molecule has 0 aliphatic rings. The normalized spacial score (nSPS) is 12.1. The number of nitrogens with zero attached hydrogens (tertiary/aromatic N) is 1. The van der Waals surface area contributed by atoms with E-state index in [-0.39, 0.29) is 17.0 Å². The number of pyridine rings is 1. The van der Waals surface area contributed by atoms with Crippen molar-refractivity contribution in [3.05, 3.63) is 82.6 Å². The number of anilines is 1. The maximum atomic E-state index is 15.2. The molecule has 1 atom stereocenters. The number of ether oxygens (including phenoxy) is 1. The van der Waals surface area contributed by atoms with E-state index in [1.807, 2.05) is 0 Å². The summed E-state index contributed by atoms with van der Waals surface area (Å²) < 4.78 is 49.4. The molecule has 0 radical (unpaired) electrons. The molecule has 6 nitrogen and oxygen atoms in total. The fraction of sp³-hybridized carbons (Fsp3) is 0.167. The van der Waals surface area contributed by atoms with Crippen LogP contribution in [-0.2, 0) is 15.7 Å². The summed E-state index contributed by atoms with van der Waals surface area (Å²) in [6.07, 6.45) is 3.48. The predicted molar refractivity (Wildman–Crippen MR) is 129 cm³/mol. The first-order chi connectivity index (χ1) is 16.4. The molecule has 34 heavy (non-hydrogen) atoms. The van der Waals surface area contributed by atoms with Gasteiger partial charge in [-0.2, -0.15) is 0 Å². The number of H-pyrrole nitrogens is 1. The van der Waals surface area contributed by atoms with E-state index < -0.39 is 34.0 Å². The van der Waals surface area contributed by atoms with Gasteiger partial charge in [0.1, 0.15) is 22.5 Å². The van der Waals surface area contributed by atoms with Crippen molar-refractivity contribution in [2.45, 2.75) is 6.42 Å². The fourth-order valence-corrected chi connectivity index (χ4v) is 4.48. The van der Waals surface area contributed by atoms with Gasteiger partial charge in [-0.1, -0.05) is 23.7 Å². The van der Waals surface area contributed by atoms with Crippen molar-refractivity contribution in [3.8, 4) is 11.1 Å². The van der Waals surface area contributed by atoms with Crippen LogP contribution >= 0.6 is 11.6 Å². The van der Waals surface area contributed by atoms with Gasteiger partial charge in [-0.05, 0) is 42.3 Å². The van der Waals surface area contributed by atoms with Crippen LogP contribution in [0.5, 0.6) is 0 Å². The zero-order chi connectivity index (χ0) is 24.2. The molecule has 1 unspecified atom stereocenters. The standard InChI is InChI=1S/C24H20ClF2N3O3S/c1-33-9-2-10-34(32)30-20-8-7-19(26)21(22(20)27)23(31)18-13-29-24-17(18)11-15(12-28-24)14-3-5-16(25)6-4-14/h3-8,11-13,30H,2,9-10H2,1H3,(H,28,29). The molecule has 0 spiro atoms. The lowest BCUT2D eigenvalue weighted by molar-refractivity contribution is 0.103. The molecule has 0 bridgehead atoms. The first kappa shape index (κ1) is 24.0. The van der Waals surface area contributed by atoms with Crippen LogP contribution in [0.4, 0.5) is 14.5 Å². The first-order valence-corrected chi connectivity index (χ1v) is 12.0. The quantitative estimate of drug-likeness (QED) is 0.233. The molecule has 0 amide bonds. The van der Waals surface area contributed by atoms with E-state index in [0.717, 1.165) is 17.7 Å². The Morgan fingerprint density at radius 2 is 1.94 bits per heavy atom. The van der Waals surface area contributed by atoms with Gasteiger partial charge in [0.05, 0.1) is 11.3 Å². The molecule has 0 fully saturated rings. The van der Waals surface area contributed by atoms with Crippen molar-refractivity contribution >= 4 is 45.1 Å². The first-order valence-electron chi connectivity index (χ1n) is 10.3. The molecule has 4 aromatic rings. The number of hydrogen-bond donors (Lipinski definition) is 2. The minimum atomic E-state index is -1.63. The Kier molecular flexibility index (Phi) is 7.35. The van der Waals surface area contributed by atoms with E-state index in [2.05, 4.69) is 14.7 Å². The second kappa shape index (κ2) is 10.4. The number of hydrogen-bond acceptors (Lipinski definition) is 4. The van der Waals surface area contributed by atoms with Crippen molar-refractivity contribution in [2.24, 2.45) is 0 Å². The van der Waals surface area contributed by atoms with Crippen molar-refractivity contribution < 1.29 is 22.5 Å². The van der Waals surface area contributed by atoms with Crippen LogP contribution in [0.3, 0.4) is 0 Å². The van der Waals surface area contributed by atoms with Gasteiger partial charge >= 0.3 is 0 Å². The number of nitrogens with one attached hydrogen (secondary N) is 2. The van der Waals surface area contributed by atoms with Crippen molar-refractivity contribution in [3.63, 3.8) is 0 Å². The summed E-state index contributed by atoms with van der Waals surface area (Å²) in [5.74, 6) is -2.78. The van der Waals surface area contributed by atoms with Crippen molar-refractivity contribution in [2.75, 3.05) is 24.2 Å². The average Bonchev–Trinajstić information content (AvgIpc) is 3.25. The average molecular weight is 504 g/mol. The Morgan fingerprint density at radius 3 is 2.68 bits per heavy atom. The van der Waals surface area contributed by atoms with Gasteiger partial charge in [0.2, 0.25) is 5.78 Å². The highest BCUT2D eigenvalue weighted by atomic mass is 35.5. The molecular formula is C24H20ClF2N3O3S. The SMILES string of the molecule is COCCCS(=O)Nc1ccc(F)c(C(=O)c2c[nH]c3ncc(-c4ccc(Cl)cc4)cc23)c1F.